The van der Waals surface area contributed by atoms with Gasteiger partial charge in [-0.3, -0.25) is 9.59 Å². The summed E-state index contributed by atoms with van der Waals surface area (Å²) < 4.78 is 0. The van der Waals surface area contributed by atoms with E-state index < -0.39 is 0 Å². The smallest absolute Gasteiger partial charge is 0.253 e. The number of aryl methyl sites for hydroxylation is 1. The van der Waals surface area contributed by atoms with Crippen molar-refractivity contribution in [2.45, 2.75) is 20.3 Å². The van der Waals surface area contributed by atoms with Crippen molar-refractivity contribution in [2.75, 3.05) is 18.8 Å². The number of nitrogens with two attached hydrogens (primary N) is 1. The molecule has 5 nitrogen and oxygen atoms in total. The van der Waals surface area contributed by atoms with Crippen LogP contribution in [0.5, 0.6) is 0 Å². The highest BCUT2D eigenvalue weighted by atomic mass is 16.2. The second-order valence-corrected chi connectivity index (χ2v) is 4.05. The van der Waals surface area contributed by atoms with Gasteiger partial charge in [-0.1, -0.05) is 6.07 Å². The molecule has 18 heavy (non-hydrogen) atoms. The van der Waals surface area contributed by atoms with Gasteiger partial charge in [0.2, 0.25) is 5.91 Å². The van der Waals surface area contributed by atoms with E-state index in [0.717, 1.165) is 5.56 Å². The number of carbonyl (C=O) groups excluding carboxylic acids is 2. The molecule has 0 fully saturated rings. The summed E-state index contributed by atoms with van der Waals surface area (Å²) >= 11 is 0. The first-order chi connectivity index (χ1) is 8.54. The van der Waals surface area contributed by atoms with E-state index in [-0.39, 0.29) is 18.2 Å². The molecule has 0 saturated heterocycles. The summed E-state index contributed by atoms with van der Waals surface area (Å²) in [6.45, 7) is 4.66. The Balaban J connectivity index is 2.48. The molecule has 2 amide bonds. The van der Waals surface area contributed by atoms with Gasteiger partial charge in [0.25, 0.3) is 5.91 Å². The number of nitrogens with one attached hydrogen (secondary N) is 2. The van der Waals surface area contributed by atoms with E-state index >= 15 is 0 Å². The van der Waals surface area contributed by atoms with Gasteiger partial charge in [0.15, 0.2) is 0 Å². The fourth-order valence-corrected chi connectivity index (χ4v) is 1.56. The molecule has 1 aromatic rings. The number of amides is 2. The van der Waals surface area contributed by atoms with Crippen molar-refractivity contribution in [2.24, 2.45) is 0 Å². The molecule has 1 aromatic carbocycles. The molecular formula is C13H19N3O2. The van der Waals surface area contributed by atoms with Gasteiger partial charge in [-0.15, -0.1) is 0 Å². The lowest BCUT2D eigenvalue weighted by Crippen LogP contribution is -2.30. The minimum absolute atomic E-state index is 0.0744. The van der Waals surface area contributed by atoms with Crippen LogP contribution in [0.3, 0.4) is 0 Å². The quantitative estimate of drug-likeness (QED) is 0.676. The van der Waals surface area contributed by atoms with Crippen molar-refractivity contribution < 1.29 is 9.59 Å². The van der Waals surface area contributed by atoms with Crippen LogP contribution < -0.4 is 16.4 Å². The number of rotatable bonds is 5. The van der Waals surface area contributed by atoms with E-state index in [4.69, 9.17) is 5.73 Å². The lowest BCUT2D eigenvalue weighted by molar-refractivity contribution is -0.120. The van der Waals surface area contributed by atoms with Gasteiger partial charge in [-0.25, -0.2) is 0 Å². The van der Waals surface area contributed by atoms with Gasteiger partial charge >= 0.3 is 0 Å². The van der Waals surface area contributed by atoms with Gasteiger partial charge in [0.05, 0.1) is 5.56 Å². The summed E-state index contributed by atoms with van der Waals surface area (Å²) in [6, 6.07) is 5.26. The largest absolute Gasteiger partial charge is 0.398 e. The number of anilines is 1. The zero-order valence-electron chi connectivity index (χ0n) is 10.7. The Bertz CT molecular complexity index is 444. The molecule has 0 spiro atoms. The molecule has 0 atom stereocenters. The third-order valence-electron chi connectivity index (χ3n) is 2.46. The molecule has 0 aliphatic heterocycles. The van der Waals surface area contributed by atoms with Gasteiger partial charge in [0.1, 0.15) is 0 Å². The standard InChI is InChI=1S/C13H19N3O2/c1-3-15-12(17)6-7-16-13(18)10-5-4-9(2)8-11(10)14/h4-5,8H,3,6-7,14H2,1-2H3,(H,15,17)(H,16,18). The van der Waals surface area contributed by atoms with E-state index in [1.54, 1.807) is 12.1 Å². The summed E-state index contributed by atoms with van der Waals surface area (Å²) in [5.41, 5.74) is 7.66. The first kappa shape index (κ1) is 14.0. The Kier molecular flexibility index (Phi) is 5.17. The predicted molar refractivity (Wildman–Crippen MR) is 71.2 cm³/mol. The van der Waals surface area contributed by atoms with Crippen LogP contribution in [0.2, 0.25) is 0 Å². The zero-order chi connectivity index (χ0) is 13.5. The van der Waals surface area contributed by atoms with E-state index in [1.807, 2.05) is 19.9 Å². The van der Waals surface area contributed by atoms with Crippen LogP contribution in [0.25, 0.3) is 0 Å². The van der Waals surface area contributed by atoms with Crippen LogP contribution in [-0.4, -0.2) is 24.9 Å². The molecule has 0 aliphatic rings. The Labute approximate surface area is 107 Å². The highest BCUT2D eigenvalue weighted by Gasteiger charge is 2.09. The first-order valence-electron chi connectivity index (χ1n) is 5.95. The van der Waals surface area contributed by atoms with Crippen molar-refractivity contribution in [1.82, 2.24) is 10.6 Å². The molecule has 0 heterocycles. The fourth-order valence-electron chi connectivity index (χ4n) is 1.56. The van der Waals surface area contributed by atoms with Crippen LogP contribution in [0.1, 0.15) is 29.3 Å². The normalized spacial score (nSPS) is 9.89. The molecule has 0 aromatic heterocycles. The molecule has 0 saturated carbocycles. The topological polar surface area (TPSA) is 84.2 Å². The molecule has 0 radical (unpaired) electrons. The third-order valence-corrected chi connectivity index (χ3v) is 2.46. The van der Waals surface area contributed by atoms with Crippen molar-refractivity contribution in [3.63, 3.8) is 0 Å². The lowest BCUT2D eigenvalue weighted by Gasteiger charge is -2.08. The second kappa shape index (κ2) is 6.64. The lowest BCUT2D eigenvalue weighted by atomic mass is 10.1. The molecule has 5 heteroatoms. The first-order valence-corrected chi connectivity index (χ1v) is 5.95. The minimum atomic E-state index is -0.253. The van der Waals surface area contributed by atoms with Crippen LogP contribution in [0, 0.1) is 6.92 Å². The van der Waals surface area contributed by atoms with E-state index in [2.05, 4.69) is 10.6 Å². The maximum atomic E-state index is 11.8. The zero-order valence-corrected chi connectivity index (χ0v) is 10.7. The number of nitrogen functional groups attached to an aromatic ring is 1. The molecule has 0 bridgehead atoms. The summed E-state index contributed by atoms with van der Waals surface area (Å²) in [6.07, 6.45) is 0.269. The SMILES string of the molecule is CCNC(=O)CCNC(=O)c1ccc(C)cc1N. The van der Waals surface area contributed by atoms with Crippen LogP contribution in [-0.2, 0) is 4.79 Å². The molecule has 4 N–H and O–H groups in total. The molecule has 0 aliphatic carbocycles. The Morgan fingerprint density at radius 3 is 2.61 bits per heavy atom. The summed E-state index contributed by atoms with van der Waals surface area (Å²) in [5, 5.41) is 5.33. The molecular weight excluding hydrogens is 230 g/mol. The highest BCUT2D eigenvalue weighted by Crippen LogP contribution is 2.13. The summed E-state index contributed by atoms with van der Waals surface area (Å²) in [4.78, 5) is 23.0. The Morgan fingerprint density at radius 1 is 1.28 bits per heavy atom. The van der Waals surface area contributed by atoms with Gasteiger partial charge in [-0.2, -0.15) is 0 Å². The Morgan fingerprint density at radius 2 is 2.00 bits per heavy atom. The fraction of sp³-hybridized carbons (Fsp3) is 0.385. The third kappa shape index (κ3) is 4.08. The van der Waals surface area contributed by atoms with Crippen LogP contribution in [0.15, 0.2) is 18.2 Å². The maximum Gasteiger partial charge on any atom is 0.253 e. The molecule has 0 unspecified atom stereocenters. The summed E-state index contributed by atoms with van der Waals surface area (Å²) in [7, 11) is 0. The van der Waals surface area contributed by atoms with E-state index in [0.29, 0.717) is 24.3 Å². The second-order valence-electron chi connectivity index (χ2n) is 4.05. The van der Waals surface area contributed by atoms with E-state index in [1.165, 1.54) is 0 Å². The number of hydrogen-bond acceptors (Lipinski definition) is 3. The van der Waals surface area contributed by atoms with E-state index in [9.17, 15) is 9.59 Å². The highest BCUT2D eigenvalue weighted by molar-refractivity contribution is 5.99. The number of benzene rings is 1. The maximum absolute atomic E-state index is 11.8. The molecule has 98 valence electrons. The number of carbonyl (C=O) groups is 2. The monoisotopic (exact) mass is 249 g/mol. The van der Waals surface area contributed by atoms with Crippen LogP contribution >= 0.6 is 0 Å². The van der Waals surface area contributed by atoms with Crippen molar-refractivity contribution in [3.8, 4) is 0 Å². The molecule has 1 rings (SSSR count). The van der Waals surface area contributed by atoms with Crippen molar-refractivity contribution in [1.29, 1.82) is 0 Å². The van der Waals surface area contributed by atoms with Gasteiger partial charge < -0.3 is 16.4 Å². The summed E-state index contributed by atoms with van der Waals surface area (Å²) in [5.74, 6) is -0.327. The average Bonchev–Trinajstić information content (AvgIpc) is 2.29. The number of hydrogen-bond donors (Lipinski definition) is 3. The van der Waals surface area contributed by atoms with Crippen LogP contribution in [0.4, 0.5) is 5.69 Å². The Hall–Kier alpha value is -2.04. The average molecular weight is 249 g/mol. The van der Waals surface area contributed by atoms with Crippen molar-refractivity contribution >= 4 is 17.5 Å². The van der Waals surface area contributed by atoms with Crippen molar-refractivity contribution in [3.05, 3.63) is 29.3 Å². The van der Waals surface area contributed by atoms with Gasteiger partial charge in [0, 0.05) is 25.2 Å². The predicted octanol–water partition coefficient (Wildman–Crippen LogP) is 0.833. The minimum Gasteiger partial charge on any atom is -0.398 e. The van der Waals surface area contributed by atoms with Gasteiger partial charge in [-0.05, 0) is 31.5 Å².